The SMILES string of the molecule is COc1ccccc1CCNC(=O)CN1CCN(c2ccc(Cl)cc2)C1=O. The van der Waals surface area contributed by atoms with Crippen LogP contribution in [0.25, 0.3) is 0 Å². The minimum absolute atomic E-state index is 0.0504. The minimum atomic E-state index is -0.170. The van der Waals surface area contributed by atoms with Gasteiger partial charge in [0, 0.05) is 30.3 Å². The van der Waals surface area contributed by atoms with Crippen molar-refractivity contribution in [3.05, 3.63) is 59.1 Å². The van der Waals surface area contributed by atoms with Crippen molar-refractivity contribution in [3.63, 3.8) is 0 Å². The van der Waals surface area contributed by atoms with E-state index in [0.29, 0.717) is 31.1 Å². The Kier molecular flexibility index (Phi) is 6.19. The van der Waals surface area contributed by atoms with Crippen LogP contribution in [0.15, 0.2) is 48.5 Å². The molecule has 0 aliphatic carbocycles. The molecule has 1 aliphatic heterocycles. The Balaban J connectivity index is 1.48. The fourth-order valence-corrected chi connectivity index (χ4v) is 3.19. The molecule has 27 heavy (non-hydrogen) atoms. The number of ether oxygens (including phenoxy) is 1. The predicted octanol–water partition coefficient (Wildman–Crippen LogP) is 2.95. The molecule has 7 heteroatoms. The highest BCUT2D eigenvalue weighted by Gasteiger charge is 2.30. The number of para-hydroxylation sites is 1. The van der Waals surface area contributed by atoms with Gasteiger partial charge >= 0.3 is 6.03 Å². The second-order valence-corrected chi connectivity index (χ2v) is 6.68. The Labute approximate surface area is 163 Å². The summed E-state index contributed by atoms with van der Waals surface area (Å²) in [5.74, 6) is 0.635. The van der Waals surface area contributed by atoms with Crippen molar-refractivity contribution in [2.45, 2.75) is 6.42 Å². The molecule has 2 aromatic rings. The van der Waals surface area contributed by atoms with Crippen LogP contribution in [0.2, 0.25) is 5.02 Å². The van der Waals surface area contributed by atoms with Crippen LogP contribution in [0, 0.1) is 0 Å². The molecule has 1 N–H and O–H groups in total. The summed E-state index contributed by atoms with van der Waals surface area (Å²) in [6, 6.07) is 14.6. The zero-order chi connectivity index (χ0) is 19.2. The number of methoxy groups -OCH3 is 1. The number of hydrogen-bond donors (Lipinski definition) is 1. The molecular weight excluding hydrogens is 366 g/mol. The molecular formula is C20H22ClN3O3. The second kappa shape index (κ2) is 8.77. The van der Waals surface area contributed by atoms with Crippen LogP contribution in [0.1, 0.15) is 5.56 Å². The number of hydrogen-bond acceptors (Lipinski definition) is 3. The first-order valence-electron chi connectivity index (χ1n) is 8.79. The van der Waals surface area contributed by atoms with E-state index in [1.165, 1.54) is 0 Å². The fraction of sp³-hybridized carbons (Fsp3) is 0.300. The molecule has 142 valence electrons. The van der Waals surface area contributed by atoms with E-state index in [-0.39, 0.29) is 18.5 Å². The van der Waals surface area contributed by atoms with Crippen molar-refractivity contribution in [2.24, 2.45) is 0 Å². The van der Waals surface area contributed by atoms with Crippen LogP contribution in [-0.2, 0) is 11.2 Å². The van der Waals surface area contributed by atoms with Crippen molar-refractivity contribution in [3.8, 4) is 5.75 Å². The number of amides is 3. The van der Waals surface area contributed by atoms with Crippen molar-refractivity contribution >= 4 is 29.2 Å². The first-order chi connectivity index (χ1) is 13.1. The lowest BCUT2D eigenvalue weighted by Crippen LogP contribution is -2.40. The lowest BCUT2D eigenvalue weighted by Gasteiger charge is -2.18. The molecule has 0 atom stereocenters. The summed E-state index contributed by atoms with van der Waals surface area (Å²) in [5, 5.41) is 3.49. The summed E-state index contributed by atoms with van der Waals surface area (Å²) >= 11 is 5.89. The summed E-state index contributed by atoms with van der Waals surface area (Å²) < 4.78 is 5.31. The van der Waals surface area contributed by atoms with Crippen LogP contribution >= 0.6 is 11.6 Å². The maximum absolute atomic E-state index is 12.5. The number of nitrogens with one attached hydrogen (secondary N) is 1. The molecule has 1 aliphatic rings. The Bertz CT molecular complexity index is 810. The van der Waals surface area contributed by atoms with Gasteiger partial charge in [-0.25, -0.2) is 4.79 Å². The Morgan fingerprint density at radius 2 is 1.89 bits per heavy atom. The Morgan fingerprint density at radius 3 is 2.63 bits per heavy atom. The van der Waals surface area contributed by atoms with Gasteiger partial charge in [-0.15, -0.1) is 0 Å². The first kappa shape index (κ1) is 19.0. The third kappa shape index (κ3) is 4.71. The quantitative estimate of drug-likeness (QED) is 0.794. The Hall–Kier alpha value is -2.73. The van der Waals surface area contributed by atoms with E-state index in [4.69, 9.17) is 16.3 Å². The molecule has 3 amide bonds. The fourth-order valence-electron chi connectivity index (χ4n) is 3.07. The number of halogens is 1. The van der Waals surface area contributed by atoms with Gasteiger partial charge in [0.1, 0.15) is 12.3 Å². The van der Waals surface area contributed by atoms with Crippen LogP contribution in [-0.4, -0.2) is 50.1 Å². The third-order valence-electron chi connectivity index (χ3n) is 4.48. The van der Waals surface area contributed by atoms with Gasteiger partial charge in [-0.2, -0.15) is 0 Å². The zero-order valence-corrected chi connectivity index (χ0v) is 15.9. The van der Waals surface area contributed by atoms with E-state index in [1.807, 2.05) is 24.3 Å². The third-order valence-corrected chi connectivity index (χ3v) is 4.73. The summed E-state index contributed by atoms with van der Waals surface area (Å²) in [6.45, 7) is 1.60. The zero-order valence-electron chi connectivity index (χ0n) is 15.2. The number of benzene rings is 2. The van der Waals surface area contributed by atoms with Crippen molar-refractivity contribution in [1.82, 2.24) is 10.2 Å². The maximum Gasteiger partial charge on any atom is 0.325 e. The average molecular weight is 388 g/mol. The molecule has 1 fully saturated rings. The average Bonchev–Trinajstić information content (AvgIpc) is 3.03. The van der Waals surface area contributed by atoms with Gasteiger partial charge in [0.25, 0.3) is 0 Å². The lowest BCUT2D eigenvalue weighted by atomic mass is 10.1. The minimum Gasteiger partial charge on any atom is -0.496 e. The summed E-state index contributed by atoms with van der Waals surface area (Å²) in [5.41, 5.74) is 1.81. The number of anilines is 1. The normalized spacial score (nSPS) is 13.8. The molecule has 0 spiro atoms. The monoisotopic (exact) mass is 387 g/mol. The van der Waals surface area contributed by atoms with Crippen molar-refractivity contribution in [1.29, 1.82) is 0 Å². The highest BCUT2D eigenvalue weighted by atomic mass is 35.5. The van der Waals surface area contributed by atoms with Gasteiger partial charge in [-0.3, -0.25) is 9.69 Å². The molecule has 1 saturated heterocycles. The standard InChI is InChI=1S/C20H22ClN3O3/c1-27-18-5-3-2-4-15(18)10-11-22-19(25)14-23-12-13-24(20(23)26)17-8-6-16(21)7-9-17/h2-9H,10-14H2,1H3,(H,22,25). The summed E-state index contributed by atoms with van der Waals surface area (Å²) in [6.07, 6.45) is 0.667. The van der Waals surface area contributed by atoms with Crippen LogP contribution in [0.4, 0.5) is 10.5 Å². The Morgan fingerprint density at radius 1 is 1.15 bits per heavy atom. The smallest absolute Gasteiger partial charge is 0.325 e. The molecule has 0 aromatic heterocycles. The van der Waals surface area contributed by atoms with Crippen molar-refractivity contribution in [2.75, 3.05) is 38.2 Å². The molecule has 6 nitrogen and oxygen atoms in total. The van der Waals surface area contributed by atoms with Gasteiger partial charge in [0.15, 0.2) is 0 Å². The van der Waals surface area contributed by atoms with Crippen molar-refractivity contribution < 1.29 is 14.3 Å². The molecule has 0 radical (unpaired) electrons. The van der Waals surface area contributed by atoms with E-state index < -0.39 is 0 Å². The van der Waals surface area contributed by atoms with Crippen LogP contribution in [0.3, 0.4) is 0 Å². The van der Waals surface area contributed by atoms with E-state index in [1.54, 1.807) is 41.2 Å². The number of nitrogens with zero attached hydrogens (tertiary/aromatic N) is 2. The van der Waals surface area contributed by atoms with Gasteiger partial charge < -0.3 is 15.0 Å². The second-order valence-electron chi connectivity index (χ2n) is 6.24. The number of carbonyl (C=O) groups is 2. The highest BCUT2D eigenvalue weighted by Crippen LogP contribution is 2.22. The largest absolute Gasteiger partial charge is 0.496 e. The molecule has 0 saturated carbocycles. The maximum atomic E-state index is 12.5. The van der Waals surface area contributed by atoms with Gasteiger partial charge in [-0.1, -0.05) is 29.8 Å². The van der Waals surface area contributed by atoms with E-state index in [9.17, 15) is 9.59 Å². The number of urea groups is 1. The van der Waals surface area contributed by atoms with Gasteiger partial charge in [-0.05, 0) is 42.3 Å². The van der Waals surface area contributed by atoms with E-state index >= 15 is 0 Å². The first-order valence-corrected chi connectivity index (χ1v) is 9.17. The number of rotatable bonds is 7. The van der Waals surface area contributed by atoms with Gasteiger partial charge in [0.2, 0.25) is 5.91 Å². The van der Waals surface area contributed by atoms with E-state index in [2.05, 4.69) is 5.32 Å². The molecule has 0 unspecified atom stereocenters. The topological polar surface area (TPSA) is 61.9 Å². The lowest BCUT2D eigenvalue weighted by molar-refractivity contribution is -0.121. The molecule has 2 aromatic carbocycles. The summed E-state index contributed by atoms with van der Waals surface area (Å²) in [7, 11) is 1.63. The number of carbonyl (C=O) groups excluding carboxylic acids is 2. The predicted molar refractivity (Wildman–Crippen MR) is 105 cm³/mol. The van der Waals surface area contributed by atoms with E-state index in [0.717, 1.165) is 17.0 Å². The summed E-state index contributed by atoms with van der Waals surface area (Å²) in [4.78, 5) is 27.9. The van der Waals surface area contributed by atoms with Crippen LogP contribution in [0.5, 0.6) is 5.75 Å². The molecule has 1 heterocycles. The molecule has 0 bridgehead atoms. The van der Waals surface area contributed by atoms with Crippen LogP contribution < -0.4 is 15.0 Å². The van der Waals surface area contributed by atoms with Gasteiger partial charge in [0.05, 0.1) is 7.11 Å². The highest BCUT2D eigenvalue weighted by molar-refractivity contribution is 6.30. The molecule has 3 rings (SSSR count).